The summed E-state index contributed by atoms with van der Waals surface area (Å²) in [7, 11) is 1.40. The number of aliphatic hydroxyl groups is 1. The molecular weight excluding hydrogens is 294 g/mol. The molecule has 1 rings (SSSR count). The average Bonchev–Trinajstić information content (AvgIpc) is 2.35. The summed E-state index contributed by atoms with van der Waals surface area (Å²) in [6.07, 6.45) is -0.644. The van der Waals surface area contributed by atoms with Gasteiger partial charge in [-0.25, -0.2) is 0 Å². The predicted octanol–water partition coefficient (Wildman–Crippen LogP) is 1.74. The second-order valence-corrected chi connectivity index (χ2v) is 3.86. The highest BCUT2D eigenvalue weighted by Crippen LogP contribution is 2.31. The van der Waals surface area contributed by atoms with Gasteiger partial charge in [0.05, 0.1) is 24.2 Å². The first-order valence-electron chi connectivity index (χ1n) is 4.77. The molecule has 0 amide bonds. The van der Waals surface area contributed by atoms with E-state index in [1.54, 1.807) is 0 Å². The fraction of sp³-hybridized carbons (Fsp3) is 0.400. The Bertz CT molecular complexity index is 398. The zero-order valence-corrected chi connectivity index (χ0v) is 10.7. The van der Waals surface area contributed by atoms with Crippen LogP contribution >= 0.6 is 15.9 Å². The highest BCUT2D eigenvalue weighted by atomic mass is 79.9. The van der Waals surface area contributed by atoms with Gasteiger partial charge in [0.1, 0.15) is 6.61 Å². The number of aliphatic hydroxyl groups excluding tert-OH is 1. The van der Waals surface area contributed by atoms with Crippen LogP contribution in [0.15, 0.2) is 18.2 Å². The van der Waals surface area contributed by atoms with Gasteiger partial charge in [-0.05, 0) is 6.07 Å². The van der Waals surface area contributed by atoms with Gasteiger partial charge in [-0.15, -0.1) is 0 Å². The van der Waals surface area contributed by atoms with E-state index in [2.05, 4.69) is 15.9 Å². The maximum atomic E-state index is 10.6. The van der Waals surface area contributed by atoms with Crippen molar-refractivity contribution >= 4 is 21.6 Å². The third-order valence-electron chi connectivity index (χ3n) is 1.97. The zero-order valence-electron chi connectivity index (χ0n) is 9.13. The Morgan fingerprint density at radius 3 is 2.76 bits per heavy atom. The summed E-state index contributed by atoms with van der Waals surface area (Å²) >= 11 is 3.10. The van der Waals surface area contributed by atoms with Crippen LogP contribution in [0.4, 0.5) is 5.69 Å². The van der Waals surface area contributed by atoms with Crippen LogP contribution < -0.4 is 9.47 Å². The van der Waals surface area contributed by atoms with E-state index in [0.29, 0.717) is 11.1 Å². The molecule has 94 valence electrons. The van der Waals surface area contributed by atoms with Crippen LogP contribution in [-0.4, -0.2) is 35.2 Å². The van der Waals surface area contributed by atoms with Crippen molar-refractivity contribution in [3.63, 3.8) is 0 Å². The van der Waals surface area contributed by atoms with Crippen LogP contribution in [0.25, 0.3) is 0 Å². The molecule has 0 saturated carbocycles. The Kier molecular flexibility index (Phi) is 5.17. The summed E-state index contributed by atoms with van der Waals surface area (Å²) in [5, 5.41) is 20.3. The van der Waals surface area contributed by atoms with Gasteiger partial charge in [0.2, 0.25) is 0 Å². The summed E-state index contributed by atoms with van der Waals surface area (Å²) in [5.41, 5.74) is -0.0739. The Morgan fingerprint density at radius 2 is 2.24 bits per heavy atom. The number of halogens is 1. The molecule has 0 saturated heterocycles. The van der Waals surface area contributed by atoms with Gasteiger partial charge in [-0.3, -0.25) is 10.1 Å². The third-order valence-corrected chi connectivity index (χ3v) is 2.71. The SMILES string of the molecule is COc1cc([N+](=O)[O-])ccc1OCC(O)CBr. The predicted molar refractivity (Wildman–Crippen MR) is 64.9 cm³/mol. The Morgan fingerprint density at radius 1 is 1.53 bits per heavy atom. The number of alkyl halides is 1. The zero-order chi connectivity index (χ0) is 12.8. The first kappa shape index (κ1) is 13.7. The summed E-state index contributed by atoms with van der Waals surface area (Å²) < 4.78 is 10.3. The number of methoxy groups -OCH3 is 1. The maximum absolute atomic E-state index is 10.6. The average molecular weight is 306 g/mol. The molecule has 1 N–H and O–H groups in total. The fourth-order valence-corrected chi connectivity index (χ4v) is 1.31. The Hall–Kier alpha value is -1.34. The summed E-state index contributed by atoms with van der Waals surface area (Å²) in [6, 6.07) is 4.03. The summed E-state index contributed by atoms with van der Waals surface area (Å²) in [6.45, 7) is 0.0828. The lowest BCUT2D eigenvalue weighted by molar-refractivity contribution is -0.384. The number of nitrogens with zero attached hydrogens (tertiary/aromatic N) is 1. The number of benzene rings is 1. The lowest BCUT2D eigenvalue weighted by atomic mass is 10.3. The second kappa shape index (κ2) is 6.41. The molecular formula is C10H12BrNO5. The molecule has 1 aromatic carbocycles. The van der Waals surface area contributed by atoms with Crippen LogP contribution in [0, 0.1) is 10.1 Å². The molecule has 0 spiro atoms. The largest absolute Gasteiger partial charge is 0.493 e. The first-order valence-corrected chi connectivity index (χ1v) is 5.90. The molecule has 1 aromatic rings. The van der Waals surface area contributed by atoms with E-state index < -0.39 is 11.0 Å². The van der Waals surface area contributed by atoms with E-state index in [-0.39, 0.29) is 18.0 Å². The van der Waals surface area contributed by atoms with Gasteiger partial charge < -0.3 is 14.6 Å². The molecule has 0 aromatic heterocycles. The number of non-ortho nitro benzene ring substituents is 1. The maximum Gasteiger partial charge on any atom is 0.273 e. The summed E-state index contributed by atoms with van der Waals surface area (Å²) in [5.74, 6) is 0.624. The molecule has 17 heavy (non-hydrogen) atoms. The molecule has 0 aliphatic heterocycles. The number of nitro groups is 1. The molecule has 0 fully saturated rings. The van der Waals surface area contributed by atoms with Gasteiger partial charge >= 0.3 is 0 Å². The number of nitro benzene ring substituents is 1. The van der Waals surface area contributed by atoms with Crippen molar-refractivity contribution in [2.24, 2.45) is 0 Å². The van der Waals surface area contributed by atoms with E-state index >= 15 is 0 Å². The number of hydrogen-bond donors (Lipinski definition) is 1. The molecule has 1 atom stereocenters. The van der Waals surface area contributed by atoms with Gasteiger partial charge in [-0.1, -0.05) is 15.9 Å². The van der Waals surface area contributed by atoms with Crippen LogP contribution in [0.1, 0.15) is 0 Å². The minimum absolute atomic E-state index is 0.0739. The first-order chi connectivity index (χ1) is 8.08. The molecule has 7 heteroatoms. The van der Waals surface area contributed by atoms with Crippen molar-refractivity contribution in [3.8, 4) is 11.5 Å². The monoisotopic (exact) mass is 305 g/mol. The topological polar surface area (TPSA) is 81.8 Å². The van der Waals surface area contributed by atoms with Crippen molar-refractivity contribution in [3.05, 3.63) is 28.3 Å². The minimum Gasteiger partial charge on any atom is -0.493 e. The molecule has 0 bridgehead atoms. The van der Waals surface area contributed by atoms with Crippen molar-refractivity contribution in [2.45, 2.75) is 6.10 Å². The van der Waals surface area contributed by atoms with Crippen molar-refractivity contribution in [2.75, 3.05) is 19.0 Å². The van der Waals surface area contributed by atoms with Gasteiger partial charge in [0.15, 0.2) is 11.5 Å². The minimum atomic E-state index is -0.644. The highest BCUT2D eigenvalue weighted by Gasteiger charge is 2.13. The number of hydrogen-bond acceptors (Lipinski definition) is 5. The van der Waals surface area contributed by atoms with Gasteiger partial charge in [-0.2, -0.15) is 0 Å². The molecule has 1 unspecified atom stereocenters. The van der Waals surface area contributed by atoms with Gasteiger partial charge in [0, 0.05) is 11.4 Å². The van der Waals surface area contributed by atoms with E-state index in [0.717, 1.165) is 0 Å². The standard InChI is InChI=1S/C10H12BrNO5/c1-16-10-4-7(12(14)15)2-3-9(10)17-6-8(13)5-11/h2-4,8,13H,5-6H2,1H3. The lowest BCUT2D eigenvalue weighted by Gasteiger charge is -2.12. The van der Waals surface area contributed by atoms with Crippen LogP contribution in [0.3, 0.4) is 0 Å². The van der Waals surface area contributed by atoms with Crippen molar-refractivity contribution in [1.29, 1.82) is 0 Å². The third kappa shape index (κ3) is 3.86. The van der Waals surface area contributed by atoms with E-state index in [4.69, 9.17) is 9.47 Å². The Balaban J connectivity index is 2.82. The van der Waals surface area contributed by atoms with Crippen molar-refractivity contribution in [1.82, 2.24) is 0 Å². The lowest BCUT2D eigenvalue weighted by Crippen LogP contribution is -2.18. The highest BCUT2D eigenvalue weighted by molar-refractivity contribution is 9.09. The van der Waals surface area contributed by atoms with E-state index in [1.165, 1.54) is 25.3 Å². The van der Waals surface area contributed by atoms with Crippen molar-refractivity contribution < 1.29 is 19.5 Å². The molecule has 0 aliphatic carbocycles. The van der Waals surface area contributed by atoms with E-state index in [1.807, 2.05) is 0 Å². The normalized spacial score (nSPS) is 11.9. The smallest absolute Gasteiger partial charge is 0.273 e. The second-order valence-electron chi connectivity index (χ2n) is 3.21. The molecule has 0 aliphatic rings. The molecule has 0 heterocycles. The molecule has 6 nitrogen and oxygen atoms in total. The number of rotatable bonds is 6. The Labute approximate surface area is 106 Å². The van der Waals surface area contributed by atoms with Crippen LogP contribution in [0.2, 0.25) is 0 Å². The summed E-state index contributed by atoms with van der Waals surface area (Å²) in [4.78, 5) is 10.0. The quantitative estimate of drug-likeness (QED) is 0.492. The van der Waals surface area contributed by atoms with Crippen LogP contribution in [-0.2, 0) is 0 Å². The van der Waals surface area contributed by atoms with E-state index in [9.17, 15) is 15.2 Å². The number of ether oxygens (including phenoxy) is 2. The fourth-order valence-electron chi connectivity index (χ4n) is 1.12. The van der Waals surface area contributed by atoms with Crippen LogP contribution in [0.5, 0.6) is 11.5 Å². The van der Waals surface area contributed by atoms with Gasteiger partial charge in [0.25, 0.3) is 5.69 Å². The molecule has 0 radical (unpaired) electrons.